The fourth-order valence-corrected chi connectivity index (χ4v) is 3.22. The lowest BCUT2D eigenvalue weighted by Gasteiger charge is -2.07. The van der Waals surface area contributed by atoms with Crippen LogP contribution in [0.4, 0.5) is 5.69 Å². The summed E-state index contributed by atoms with van der Waals surface area (Å²) in [6.07, 6.45) is 1.55. The third-order valence-electron chi connectivity index (χ3n) is 4.51. The van der Waals surface area contributed by atoms with Crippen molar-refractivity contribution >= 4 is 39.3 Å². The Morgan fingerprint density at radius 1 is 1.07 bits per heavy atom. The van der Waals surface area contributed by atoms with E-state index in [4.69, 9.17) is 14.4 Å². The predicted molar refractivity (Wildman–Crippen MR) is 108 cm³/mol. The van der Waals surface area contributed by atoms with Crippen molar-refractivity contribution in [3.8, 4) is 6.07 Å². The summed E-state index contributed by atoms with van der Waals surface area (Å²) in [5.41, 5.74) is 2.31. The molecule has 29 heavy (non-hydrogen) atoms. The second-order valence-corrected chi connectivity index (χ2v) is 6.50. The number of amides is 1. The standard InChI is InChI=1S/C23H16N2O4/c24-12-15-4-3-6-18(10-15)25-21(26)14-29-22(27)11-17-13-28-20-9-8-16-5-1-2-7-19(16)23(17)20/h1-10,13H,11,14H2,(H,25,26). The molecule has 0 spiro atoms. The van der Waals surface area contributed by atoms with E-state index in [1.165, 1.54) is 0 Å². The zero-order valence-corrected chi connectivity index (χ0v) is 15.3. The molecular weight excluding hydrogens is 368 g/mol. The fraction of sp³-hybridized carbons (Fsp3) is 0.0870. The number of ether oxygens (including phenoxy) is 1. The van der Waals surface area contributed by atoms with Crippen LogP contribution in [0.25, 0.3) is 21.7 Å². The molecule has 1 heterocycles. The second-order valence-electron chi connectivity index (χ2n) is 6.50. The average Bonchev–Trinajstić information content (AvgIpc) is 3.15. The number of furan rings is 1. The maximum atomic E-state index is 12.3. The molecule has 142 valence electrons. The van der Waals surface area contributed by atoms with Gasteiger partial charge in [0.15, 0.2) is 6.61 Å². The first kappa shape index (κ1) is 18.3. The zero-order chi connectivity index (χ0) is 20.2. The first-order valence-corrected chi connectivity index (χ1v) is 8.97. The Labute approximate surface area is 166 Å². The number of benzene rings is 3. The van der Waals surface area contributed by atoms with Gasteiger partial charge in [0.1, 0.15) is 5.58 Å². The minimum atomic E-state index is -0.526. The molecule has 1 N–H and O–H groups in total. The highest BCUT2D eigenvalue weighted by Gasteiger charge is 2.15. The van der Waals surface area contributed by atoms with Gasteiger partial charge in [-0.05, 0) is 35.0 Å². The van der Waals surface area contributed by atoms with Crippen molar-refractivity contribution in [3.63, 3.8) is 0 Å². The fourth-order valence-electron chi connectivity index (χ4n) is 3.22. The van der Waals surface area contributed by atoms with E-state index in [2.05, 4.69) is 5.32 Å². The van der Waals surface area contributed by atoms with Crippen LogP contribution in [0, 0.1) is 11.3 Å². The van der Waals surface area contributed by atoms with Crippen molar-refractivity contribution < 1.29 is 18.7 Å². The molecule has 0 aliphatic heterocycles. The molecule has 4 aromatic rings. The third-order valence-corrected chi connectivity index (χ3v) is 4.51. The van der Waals surface area contributed by atoms with Gasteiger partial charge in [-0.2, -0.15) is 5.26 Å². The smallest absolute Gasteiger partial charge is 0.310 e. The van der Waals surface area contributed by atoms with Gasteiger partial charge in [-0.25, -0.2) is 0 Å². The highest BCUT2D eigenvalue weighted by atomic mass is 16.5. The molecule has 0 atom stereocenters. The first-order chi connectivity index (χ1) is 14.1. The molecule has 1 amide bonds. The lowest BCUT2D eigenvalue weighted by molar-refractivity contribution is -0.146. The Bertz CT molecular complexity index is 1270. The normalized spacial score (nSPS) is 10.6. The van der Waals surface area contributed by atoms with Crippen molar-refractivity contribution in [2.45, 2.75) is 6.42 Å². The van der Waals surface area contributed by atoms with Crippen LogP contribution in [0.2, 0.25) is 0 Å². The summed E-state index contributed by atoms with van der Waals surface area (Å²) in [7, 11) is 0. The van der Waals surface area contributed by atoms with Crippen molar-refractivity contribution in [2.24, 2.45) is 0 Å². The summed E-state index contributed by atoms with van der Waals surface area (Å²) in [6, 6.07) is 20.2. The number of hydrogen-bond donors (Lipinski definition) is 1. The van der Waals surface area contributed by atoms with Crippen molar-refractivity contribution in [1.29, 1.82) is 5.26 Å². The molecule has 3 aromatic carbocycles. The molecule has 1 aromatic heterocycles. The van der Waals surface area contributed by atoms with Gasteiger partial charge < -0.3 is 14.5 Å². The van der Waals surface area contributed by atoms with Gasteiger partial charge in [0.25, 0.3) is 5.91 Å². The summed E-state index contributed by atoms with van der Waals surface area (Å²) in [5, 5.41) is 14.4. The number of nitrogens with zero attached hydrogens (tertiary/aromatic N) is 1. The molecular formula is C23H16N2O4. The number of fused-ring (bicyclic) bond motifs is 3. The van der Waals surface area contributed by atoms with Crippen LogP contribution in [0.5, 0.6) is 0 Å². The van der Waals surface area contributed by atoms with Crippen LogP contribution in [-0.4, -0.2) is 18.5 Å². The summed E-state index contributed by atoms with van der Waals surface area (Å²) in [6.45, 7) is -0.411. The number of esters is 1. The monoisotopic (exact) mass is 384 g/mol. The van der Waals surface area contributed by atoms with E-state index >= 15 is 0 Å². The lowest BCUT2D eigenvalue weighted by Crippen LogP contribution is -2.21. The van der Waals surface area contributed by atoms with Crippen molar-refractivity contribution in [1.82, 2.24) is 0 Å². The van der Waals surface area contributed by atoms with E-state index in [0.29, 0.717) is 22.4 Å². The Morgan fingerprint density at radius 2 is 1.93 bits per heavy atom. The topological polar surface area (TPSA) is 92.3 Å². The van der Waals surface area contributed by atoms with Gasteiger partial charge in [-0.3, -0.25) is 9.59 Å². The maximum Gasteiger partial charge on any atom is 0.310 e. The minimum Gasteiger partial charge on any atom is -0.464 e. The maximum absolute atomic E-state index is 12.3. The quantitative estimate of drug-likeness (QED) is 0.521. The first-order valence-electron chi connectivity index (χ1n) is 8.97. The Morgan fingerprint density at radius 3 is 2.79 bits per heavy atom. The van der Waals surface area contributed by atoms with Crippen molar-refractivity contribution in [3.05, 3.63) is 78.1 Å². The summed E-state index contributed by atoms with van der Waals surface area (Å²) in [5.74, 6) is -1.00. The van der Waals surface area contributed by atoms with Gasteiger partial charge in [0, 0.05) is 16.6 Å². The number of rotatable bonds is 5. The van der Waals surface area contributed by atoms with E-state index in [1.807, 2.05) is 42.5 Å². The van der Waals surface area contributed by atoms with Gasteiger partial charge in [0.05, 0.1) is 24.3 Å². The SMILES string of the molecule is N#Cc1cccc(NC(=O)COC(=O)Cc2coc3ccc4ccccc4c23)c1. The molecule has 0 radical (unpaired) electrons. The number of nitrogens with one attached hydrogen (secondary N) is 1. The molecule has 0 aliphatic rings. The van der Waals surface area contributed by atoms with Crippen LogP contribution in [0.15, 0.2) is 71.3 Å². The second kappa shape index (κ2) is 7.87. The molecule has 0 aliphatic carbocycles. The van der Waals surface area contributed by atoms with Gasteiger partial charge >= 0.3 is 5.97 Å². The van der Waals surface area contributed by atoms with Crippen LogP contribution in [-0.2, 0) is 20.7 Å². The van der Waals surface area contributed by atoms with E-state index < -0.39 is 18.5 Å². The average molecular weight is 384 g/mol. The molecule has 4 rings (SSSR count). The molecule has 0 bridgehead atoms. The number of hydrogen-bond acceptors (Lipinski definition) is 5. The predicted octanol–water partition coefficient (Wildman–Crippen LogP) is 4.18. The van der Waals surface area contributed by atoms with E-state index in [0.717, 1.165) is 16.2 Å². The van der Waals surface area contributed by atoms with E-state index in [1.54, 1.807) is 30.5 Å². The number of carbonyl (C=O) groups is 2. The zero-order valence-electron chi connectivity index (χ0n) is 15.3. The molecule has 0 saturated heterocycles. The summed E-state index contributed by atoms with van der Waals surface area (Å²) < 4.78 is 10.7. The molecule has 0 saturated carbocycles. The summed E-state index contributed by atoms with van der Waals surface area (Å²) in [4.78, 5) is 24.3. The molecule has 0 unspecified atom stereocenters. The molecule has 6 nitrogen and oxygen atoms in total. The van der Waals surface area contributed by atoms with E-state index in [-0.39, 0.29) is 6.42 Å². The van der Waals surface area contributed by atoms with Gasteiger partial charge in [-0.15, -0.1) is 0 Å². The van der Waals surface area contributed by atoms with Crippen LogP contribution >= 0.6 is 0 Å². The largest absolute Gasteiger partial charge is 0.464 e. The lowest BCUT2D eigenvalue weighted by atomic mass is 10.0. The third kappa shape index (κ3) is 3.94. The number of nitriles is 1. The number of carbonyl (C=O) groups excluding carboxylic acids is 2. The Hall–Kier alpha value is -4.11. The Balaban J connectivity index is 1.42. The minimum absolute atomic E-state index is 0.00178. The van der Waals surface area contributed by atoms with Crippen LogP contribution < -0.4 is 5.32 Å². The number of anilines is 1. The van der Waals surface area contributed by atoms with Gasteiger partial charge in [-0.1, -0.05) is 36.4 Å². The molecule has 0 fully saturated rings. The van der Waals surface area contributed by atoms with Crippen molar-refractivity contribution in [2.75, 3.05) is 11.9 Å². The highest BCUT2D eigenvalue weighted by Crippen LogP contribution is 2.30. The van der Waals surface area contributed by atoms with Gasteiger partial charge in [0.2, 0.25) is 0 Å². The Kier molecular flexibility index (Phi) is 4.95. The summed E-state index contributed by atoms with van der Waals surface area (Å²) >= 11 is 0. The van der Waals surface area contributed by atoms with E-state index in [9.17, 15) is 9.59 Å². The highest BCUT2D eigenvalue weighted by molar-refractivity contribution is 6.08. The van der Waals surface area contributed by atoms with Crippen LogP contribution in [0.3, 0.4) is 0 Å². The van der Waals surface area contributed by atoms with Crippen LogP contribution in [0.1, 0.15) is 11.1 Å². The molecule has 6 heteroatoms.